The van der Waals surface area contributed by atoms with Crippen molar-refractivity contribution in [3.63, 3.8) is 0 Å². The summed E-state index contributed by atoms with van der Waals surface area (Å²) in [7, 11) is 0. The van der Waals surface area contributed by atoms with Crippen LogP contribution in [0.5, 0.6) is 0 Å². The molecule has 1 amide bonds. The highest BCUT2D eigenvalue weighted by Crippen LogP contribution is 2.14. The Kier molecular flexibility index (Phi) is 3.82. The molecule has 0 unspecified atom stereocenters. The molecule has 8 heteroatoms. The lowest BCUT2D eigenvalue weighted by atomic mass is 10.3. The van der Waals surface area contributed by atoms with Crippen LogP contribution in [-0.4, -0.2) is 52.0 Å². The number of nitrogens with zero attached hydrogens (tertiary/aromatic N) is 6. The smallest absolute Gasteiger partial charge is 0.251 e. The Morgan fingerprint density at radius 3 is 1.73 bits per heavy atom. The predicted octanol–water partition coefficient (Wildman–Crippen LogP) is 0.000520. The lowest BCUT2D eigenvalue weighted by Crippen LogP contribution is -2.47. The van der Waals surface area contributed by atoms with Gasteiger partial charge < -0.3 is 15.5 Å². The first kappa shape index (κ1) is 14.2. The van der Waals surface area contributed by atoms with Crippen molar-refractivity contribution in [3.8, 4) is 0 Å². The zero-order chi connectivity index (χ0) is 15.5. The minimum Gasteiger partial charge on any atom is -0.366 e. The monoisotopic (exact) mass is 299 g/mol. The number of carbonyl (C=O) groups is 1. The minimum atomic E-state index is -0.520. The molecule has 1 aliphatic rings. The SMILES string of the molecule is Cc1cnc(N2CCN(c3ncc(C(N)=O)cn3)CC2)nc1. The second kappa shape index (κ2) is 5.92. The molecule has 2 aromatic heterocycles. The van der Waals surface area contributed by atoms with Gasteiger partial charge in [-0.05, 0) is 12.5 Å². The predicted molar refractivity (Wildman–Crippen MR) is 81.7 cm³/mol. The second-order valence-electron chi connectivity index (χ2n) is 5.17. The van der Waals surface area contributed by atoms with Crippen LogP contribution in [0.15, 0.2) is 24.8 Å². The van der Waals surface area contributed by atoms with Crippen LogP contribution in [0.4, 0.5) is 11.9 Å². The van der Waals surface area contributed by atoms with E-state index in [-0.39, 0.29) is 0 Å². The number of hydrogen-bond acceptors (Lipinski definition) is 7. The van der Waals surface area contributed by atoms with Gasteiger partial charge in [-0.15, -0.1) is 0 Å². The lowest BCUT2D eigenvalue weighted by molar-refractivity contribution is 0.0999. The second-order valence-corrected chi connectivity index (χ2v) is 5.17. The Morgan fingerprint density at radius 2 is 1.32 bits per heavy atom. The van der Waals surface area contributed by atoms with Crippen molar-refractivity contribution in [2.45, 2.75) is 6.92 Å². The van der Waals surface area contributed by atoms with Crippen LogP contribution in [-0.2, 0) is 0 Å². The molecule has 0 spiro atoms. The Hall–Kier alpha value is -2.77. The Labute approximate surface area is 128 Å². The molecular formula is C14H17N7O. The van der Waals surface area contributed by atoms with Gasteiger partial charge in [0.15, 0.2) is 0 Å². The van der Waals surface area contributed by atoms with Crippen molar-refractivity contribution < 1.29 is 4.79 Å². The zero-order valence-corrected chi connectivity index (χ0v) is 12.3. The largest absolute Gasteiger partial charge is 0.366 e. The van der Waals surface area contributed by atoms with Crippen LogP contribution in [0.2, 0.25) is 0 Å². The van der Waals surface area contributed by atoms with E-state index >= 15 is 0 Å². The maximum Gasteiger partial charge on any atom is 0.251 e. The van der Waals surface area contributed by atoms with Crippen LogP contribution >= 0.6 is 0 Å². The molecule has 3 heterocycles. The molecule has 0 radical (unpaired) electrons. The third kappa shape index (κ3) is 2.95. The average Bonchev–Trinajstić information content (AvgIpc) is 2.56. The molecule has 1 aliphatic heterocycles. The van der Waals surface area contributed by atoms with E-state index in [9.17, 15) is 4.79 Å². The van der Waals surface area contributed by atoms with Gasteiger partial charge >= 0.3 is 0 Å². The number of aromatic nitrogens is 4. The van der Waals surface area contributed by atoms with Crippen molar-refractivity contribution in [1.82, 2.24) is 19.9 Å². The van der Waals surface area contributed by atoms with Crippen LogP contribution in [0.1, 0.15) is 15.9 Å². The summed E-state index contributed by atoms with van der Waals surface area (Å²) < 4.78 is 0. The number of rotatable bonds is 3. The Morgan fingerprint density at radius 1 is 0.909 bits per heavy atom. The summed E-state index contributed by atoms with van der Waals surface area (Å²) in [5, 5.41) is 0. The number of carbonyl (C=O) groups excluding carboxylic acids is 1. The van der Waals surface area contributed by atoms with Gasteiger partial charge in [-0.3, -0.25) is 4.79 Å². The van der Waals surface area contributed by atoms with Gasteiger partial charge in [0.25, 0.3) is 5.91 Å². The quantitative estimate of drug-likeness (QED) is 0.851. The molecule has 22 heavy (non-hydrogen) atoms. The minimum absolute atomic E-state index is 0.315. The normalized spacial score (nSPS) is 15.0. The van der Waals surface area contributed by atoms with Crippen LogP contribution in [0, 0.1) is 6.92 Å². The van der Waals surface area contributed by atoms with Gasteiger partial charge in [-0.2, -0.15) is 0 Å². The zero-order valence-electron chi connectivity index (χ0n) is 12.3. The third-order valence-electron chi connectivity index (χ3n) is 3.54. The van der Waals surface area contributed by atoms with Crippen LogP contribution < -0.4 is 15.5 Å². The van der Waals surface area contributed by atoms with Gasteiger partial charge in [0, 0.05) is 51.0 Å². The highest BCUT2D eigenvalue weighted by Gasteiger charge is 2.20. The van der Waals surface area contributed by atoms with Gasteiger partial charge in [-0.25, -0.2) is 19.9 Å². The standard InChI is InChI=1S/C14H17N7O/c1-10-6-16-13(17-7-10)20-2-4-21(5-3-20)14-18-8-11(9-19-14)12(15)22/h6-9H,2-5H2,1H3,(H2,15,22). The first-order valence-electron chi connectivity index (χ1n) is 7.04. The molecule has 1 fully saturated rings. The van der Waals surface area contributed by atoms with Crippen molar-refractivity contribution in [2.24, 2.45) is 5.73 Å². The van der Waals surface area contributed by atoms with Crippen molar-refractivity contribution in [3.05, 3.63) is 35.9 Å². The fourth-order valence-corrected chi connectivity index (χ4v) is 2.27. The van der Waals surface area contributed by atoms with Crippen LogP contribution in [0.25, 0.3) is 0 Å². The molecule has 114 valence electrons. The average molecular weight is 299 g/mol. The summed E-state index contributed by atoms with van der Waals surface area (Å²) in [4.78, 5) is 32.3. The van der Waals surface area contributed by atoms with E-state index in [1.165, 1.54) is 12.4 Å². The molecule has 0 bridgehead atoms. The molecule has 0 aliphatic carbocycles. The molecule has 0 aromatic carbocycles. The summed E-state index contributed by atoms with van der Waals surface area (Å²) >= 11 is 0. The highest BCUT2D eigenvalue weighted by atomic mass is 16.1. The van der Waals surface area contributed by atoms with Gasteiger partial charge in [0.1, 0.15) is 0 Å². The summed E-state index contributed by atoms with van der Waals surface area (Å²) in [6.45, 7) is 5.10. The van der Waals surface area contributed by atoms with E-state index in [1.807, 2.05) is 19.3 Å². The number of primary amides is 1. The summed E-state index contributed by atoms with van der Waals surface area (Å²) in [5.41, 5.74) is 6.54. The van der Waals surface area contributed by atoms with Crippen molar-refractivity contribution in [1.29, 1.82) is 0 Å². The molecule has 8 nitrogen and oxygen atoms in total. The first-order valence-corrected chi connectivity index (χ1v) is 7.04. The van der Waals surface area contributed by atoms with E-state index in [2.05, 4.69) is 29.7 Å². The summed E-state index contributed by atoms with van der Waals surface area (Å²) in [6.07, 6.45) is 6.56. The molecule has 1 saturated heterocycles. The molecular weight excluding hydrogens is 282 g/mol. The van der Waals surface area contributed by atoms with Gasteiger partial charge in [0.2, 0.25) is 11.9 Å². The fraction of sp³-hybridized carbons (Fsp3) is 0.357. The summed E-state index contributed by atoms with van der Waals surface area (Å²) in [6, 6.07) is 0. The van der Waals surface area contributed by atoms with Crippen molar-refractivity contribution >= 4 is 17.8 Å². The molecule has 0 saturated carbocycles. The molecule has 0 atom stereocenters. The van der Waals surface area contributed by atoms with Crippen molar-refractivity contribution in [2.75, 3.05) is 36.0 Å². The topological polar surface area (TPSA) is 101 Å². The number of aryl methyl sites for hydroxylation is 1. The van der Waals surface area contributed by atoms with E-state index < -0.39 is 5.91 Å². The number of nitrogens with two attached hydrogens (primary N) is 1. The molecule has 2 N–H and O–H groups in total. The highest BCUT2D eigenvalue weighted by molar-refractivity contribution is 5.92. The lowest BCUT2D eigenvalue weighted by Gasteiger charge is -2.34. The van der Waals surface area contributed by atoms with E-state index in [4.69, 9.17) is 5.73 Å². The fourth-order valence-electron chi connectivity index (χ4n) is 2.27. The number of piperazine rings is 1. The van der Waals surface area contributed by atoms with E-state index in [0.29, 0.717) is 11.5 Å². The number of hydrogen-bond donors (Lipinski definition) is 1. The first-order chi connectivity index (χ1) is 10.6. The maximum absolute atomic E-state index is 11.0. The maximum atomic E-state index is 11.0. The van der Waals surface area contributed by atoms with E-state index in [0.717, 1.165) is 37.7 Å². The summed E-state index contributed by atoms with van der Waals surface area (Å²) in [5.74, 6) is 0.831. The van der Waals surface area contributed by atoms with Gasteiger partial charge in [0.05, 0.1) is 5.56 Å². The number of anilines is 2. The number of amides is 1. The third-order valence-corrected chi connectivity index (χ3v) is 3.54. The molecule has 2 aromatic rings. The van der Waals surface area contributed by atoms with Crippen LogP contribution in [0.3, 0.4) is 0 Å². The van der Waals surface area contributed by atoms with E-state index in [1.54, 1.807) is 0 Å². The van der Waals surface area contributed by atoms with Gasteiger partial charge in [-0.1, -0.05) is 0 Å². The Balaban J connectivity index is 1.63. The molecule has 3 rings (SSSR count). The Bertz CT molecular complexity index is 648.